The van der Waals surface area contributed by atoms with Crippen molar-refractivity contribution in [1.82, 2.24) is 20.0 Å². The van der Waals surface area contributed by atoms with E-state index in [-0.39, 0.29) is 17.9 Å². The van der Waals surface area contributed by atoms with Gasteiger partial charge in [0.25, 0.3) is 5.91 Å². The fourth-order valence-electron chi connectivity index (χ4n) is 5.80. The fourth-order valence-corrected chi connectivity index (χ4v) is 5.80. The summed E-state index contributed by atoms with van der Waals surface area (Å²) in [7, 11) is 8.04. The highest BCUT2D eigenvalue weighted by atomic mass is 16.2. The second kappa shape index (κ2) is 24.2. The predicted molar refractivity (Wildman–Crippen MR) is 214 cm³/mol. The third-order valence-electron chi connectivity index (χ3n) is 8.93. The van der Waals surface area contributed by atoms with E-state index in [2.05, 4.69) is 83.7 Å². The van der Waals surface area contributed by atoms with Crippen LogP contribution in [-0.2, 0) is 11.2 Å². The smallest absolute Gasteiger partial charge is 0.253 e. The lowest BCUT2D eigenvalue weighted by Gasteiger charge is -2.35. The molecule has 2 aliphatic heterocycles. The third-order valence-corrected chi connectivity index (χ3v) is 8.93. The SMILES string of the molecule is CCC.CN1CCC(Cc2ccccc2)CC1.C\C=C/C=C\C(=C\C=Nc1cc(C(=O)N(C)C2CCN(C)CC2)ccc1NC)NC(=O)CC. The first kappa shape index (κ1) is 42.2. The van der Waals surface area contributed by atoms with Crippen molar-refractivity contribution in [2.45, 2.75) is 78.7 Å². The first-order valence-electron chi connectivity index (χ1n) is 18.5. The van der Waals surface area contributed by atoms with Gasteiger partial charge < -0.3 is 25.3 Å². The topological polar surface area (TPSA) is 80.3 Å². The van der Waals surface area contributed by atoms with Gasteiger partial charge in [0.05, 0.1) is 11.4 Å². The summed E-state index contributed by atoms with van der Waals surface area (Å²) < 4.78 is 0. The van der Waals surface area contributed by atoms with E-state index >= 15 is 0 Å². The molecule has 8 heteroatoms. The van der Waals surface area contributed by atoms with E-state index < -0.39 is 0 Å². The number of aliphatic imine (C=N–C) groups is 1. The van der Waals surface area contributed by atoms with Crippen molar-refractivity contribution in [3.8, 4) is 0 Å². The minimum absolute atomic E-state index is 0.00406. The normalized spacial score (nSPS) is 16.5. The van der Waals surface area contributed by atoms with E-state index in [1.165, 1.54) is 44.3 Å². The Morgan fingerprint density at radius 3 is 2.12 bits per heavy atom. The van der Waals surface area contributed by atoms with Crippen molar-refractivity contribution in [3.05, 3.63) is 95.7 Å². The van der Waals surface area contributed by atoms with Crippen LogP contribution in [0.2, 0.25) is 0 Å². The monoisotopic (exact) mass is 685 g/mol. The Morgan fingerprint density at radius 1 is 0.920 bits per heavy atom. The lowest BCUT2D eigenvalue weighted by atomic mass is 9.90. The highest BCUT2D eigenvalue weighted by Crippen LogP contribution is 2.27. The number of hydrogen-bond acceptors (Lipinski definition) is 6. The maximum atomic E-state index is 13.1. The number of allylic oxidation sites excluding steroid dienone is 5. The zero-order chi connectivity index (χ0) is 36.7. The predicted octanol–water partition coefficient (Wildman–Crippen LogP) is 8.13. The molecule has 0 saturated carbocycles. The van der Waals surface area contributed by atoms with Gasteiger partial charge in [0, 0.05) is 44.0 Å². The van der Waals surface area contributed by atoms with Crippen LogP contribution in [0.4, 0.5) is 11.4 Å². The van der Waals surface area contributed by atoms with Crippen LogP contribution in [0.15, 0.2) is 89.6 Å². The van der Waals surface area contributed by atoms with Crippen LogP contribution in [0.25, 0.3) is 0 Å². The number of hydrogen-bond donors (Lipinski definition) is 2. The molecule has 2 N–H and O–H groups in total. The molecule has 2 fully saturated rings. The molecule has 0 spiro atoms. The Labute approximate surface area is 303 Å². The molecule has 2 aromatic carbocycles. The molecule has 2 amide bonds. The van der Waals surface area contributed by atoms with Gasteiger partial charge in [-0.25, -0.2) is 0 Å². The molecule has 2 heterocycles. The first-order valence-corrected chi connectivity index (χ1v) is 18.5. The van der Waals surface area contributed by atoms with Crippen LogP contribution in [0.5, 0.6) is 0 Å². The molecule has 2 aliphatic rings. The van der Waals surface area contributed by atoms with E-state index in [0.29, 0.717) is 23.4 Å². The number of piperidine rings is 2. The van der Waals surface area contributed by atoms with E-state index in [0.717, 1.165) is 37.5 Å². The van der Waals surface area contributed by atoms with Crippen molar-refractivity contribution in [2.75, 3.05) is 59.7 Å². The number of carbonyl (C=O) groups excluding carboxylic acids is 2. The number of nitrogens with zero attached hydrogens (tertiary/aromatic N) is 4. The minimum Gasteiger partial charge on any atom is -0.386 e. The van der Waals surface area contributed by atoms with Crippen LogP contribution in [0.3, 0.4) is 0 Å². The second-order valence-electron chi connectivity index (χ2n) is 13.3. The van der Waals surface area contributed by atoms with E-state index in [1.807, 2.05) is 68.4 Å². The molecule has 2 saturated heterocycles. The van der Waals surface area contributed by atoms with Crippen LogP contribution in [0.1, 0.15) is 82.1 Å². The number of rotatable bonds is 11. The quantitative estimate of drug-likeness (QED) is 0.185. The first-order chi connectivity index (χ1) is 24.1. The molecule has 0 bridgehead atoms. The van der Waals surface area contributed by atoms with Crippen molar-refractivity contribution in [3.63, 3.8) is 0 Å². The van der Waals surface area contributed by atoms with E-state index in [9.17, 15) is 9.59 Å². The Morgan fingerprint density at radius 2 is 1.54 bits per heavy atom. The summed E-state index contributed by atoms with van der Waals surface area (Å²) in [5, 5.41) is 5.98. The molecule has 2 aromatic rings. The summed E-state index contributed by atoms with van der Waals surface area (Å²) in [5.41, 5.74) is 4.24. The summed E-state index contributed by atoms with van der Waals surface area (Å²) in [4.78, 5) is 36.1. The Bertz CT molecular complexity index is 1380. The molecular weight excluding hydrogens is 621 g/mol. The summed E-state index contributed by atoms with van der Waals surface area (Å²) >= 11 is 0. The standard InChI is InChI=1S/C26H37N5O2.C13H19N.C3H8/c1-6-8-9-10-21(29-25(32)7-2)13-16-28-24-19-20(11-12-23(24)27-3)26(33)31(5)22-14-17-30(4)18-15-22;1-14-9-7-13(8-10-14)11-12-5-3-2-4-6-12;1-3-2/h6,8-13,16,19,22,27H,7,14-15,17-18H2,1-5H3,(H,29,32);2-6,13H,7-11H2,1H3;3H2,1-2H3/b8-6-,10-9-,21-13-,28-16?;;. The zero-order valence-electron chi connectivity index (χ0n) is 32.1. The number of nitrogens with one attached hydrogen (secondary N) is 2. The van der Waals surface area contributed by atoms with Gasteiger partial charge in [-0.05, 0) is 121 Å². The molecule has 8 nitrogen and oxygen atoms in total. The number of amides is 2. The molecule has 274 valence electrons. The van der Waals surface area contributed by atoms with Gasteiger partial charge in [-0.15, -0.1) is 0 Å². The van der Waals surface area contributed by atoms with Crippen LogP contribution >= 0.6 is 0 Å². The molecule has 0 atom stereocenters. The second-order valence-corrected chi connectivity index (χ2v) is 13.3. The Hall–Kier alpha value is -4.01. The molecule has 0 aromatic heterocycles. The number of anilines is 1. The van der Waals surface area contributed by atoms with Crippen molar-refractivity contribution in [2.24, 2.45) is 10.9 Å². The number of likely N-dealkylation sites (tertiary alicyclic amines) is 2. The summed E-state index contributed by atoms with van der Waals surface area (Å²) in [6.45, 7) is 12.5. The van der Waals surface area contributed by atoms with Crippen LogP contribution in [0, 0.1) is 5.92 Å². The summed E-state index contributed by atoms with van der Waals surface area (Å²) in [6, 6.07) is 16.6. The average Bonchev–Trinajstić information content (AvgIpc) is 3.13. The van der Waals surface area contributed by atoms with Crippen molar-refractivity contribution >= 4 is 29.4 Å². The largest absolute Gasteiger partial charge is 0.386 e. The maximum absolute atomic E-state index is 13.1. The molecule has 50 heavy (non-hydrogen) atoms. The van der Waals surface area contributed by atoms with Crippen LogP contribution in [-0.4, -0.2) is 93.1 Å². The maximum Gasteiger partial charge on any atom is 0.253 e. The highest BCUT2D eigenvalue weighted by Gasteiger charge is 2.25. The van der Waals surface area contributed by atoms with Gasteiger partial charge in [-0.3, -0.25) is 14.6 Å². The molecule has 0 unspecified atom stereocenters. The van der Waals surface area contributed by atoms with Gasteiger partial charge in [-0.2, -0.15) is 0 Å². The Kier molecular flexibility index (Phi) is 20.4. The fraction of sp³-hybridized carbons (Fsp3) is 0.500. The number of carbonyl (C=O) groups is 2. The van der Waals surface area contributed by atoms with Gasteiger partial charge in [0.2, 0.25) is 5.91 Å². The Balaban J connectivity index is 0.000000418. The van der Waals surface area contributed by atoms with Gasteiger partial charge >= 0.3 is 0 Å². The highest BCUT2D eigenvalue weighted by molar-refractivity contribution is 5.96. The third kappa shape index (κ3) is 15.7. The summed E-state index contributed by atoms with van der Waals surface area (Å²) in [5.74, 6) is 0.846. The van der Waals surface area contributed by atoms with Crippen molar-refractivity contribution in [1.29, 1.82) is 0 Å². The molecule has 0 radical (unpaired) electrons. The zero-order valence-corrected chi connectivity index (χ0v) is 32.1. The van der Waals surface area contributed by atoms with Gasteiger partial charge in [-0.1, -0.05) is 75.8 Å². The lowest BCUT2D eigenvalue weighted by Crippen LogP contribution is -2.44. The van der Waals surface area contributed by atoms with Crippen LogP contribution < -0.4 is 10.6 Å². The minimum atomic E-state index is -0.0692. The lowest BCUT2D eigenvalue weighted by molar-refractivity contribution is -0.120. The number of benzene rings is 2. The summed E-state index contributed by atoms with van der Waals surface area (Å²) in [6.07, 6.45) is 18.5. The van der Waals surface area contributed by atoms with Gasteiger partial charge in [0.15, 0.2) is 0 Å². The molecule has 0 aliphatic carbocycles. The molecular formula is C42H64N6O2. The van der Waals surface area contributed by atoms with E-state index in [1.54, 1.807) is 19.2 Å². The van der Waals surface area contributed by atoms with Crippen molar-refractivity contribution < 1.29 is 9.59 Å². The molecule has 4 rings (SSSR count). The van der Waals surface area contributed by atoms with E-state index in [4.69, 9.17) is 0 Å². The average molecular weight is 685 g/mol. The van der Waals surface area contributed by atoms with Gasteiger partial charge in [0.1, 0.15) is 0 Å².